The highest BCUT2D eigenvalue weighted by Gasteiger charge is 2.17. The number of rotatable bonds is 1. The number of nitrogens with zero attached hydrogens (tertiary/aromatic N) is 1. The third-order valence-electron chi connectivity index (χ3n) is 3.43. The smallest absolute Gasteiger partial charge is 0.0602 e. The van der Waals surface area contributed by atoms with Crippen molar-refractivity contribution in [3.63, 3.8) is 0 Å². The van der Waals surface area contributed by atoms with E-state index in [0.29, 0.717) is 0 Å². The molecule has 0 bridgehead atoms. The maximum Gasteiger partial charge on any atom is 0.0602 e. The van der Waals surface area contributed by atoms with E-state index in [2.05, 4.69) is 36.9 Å². The third kappa shape index (κ3) is 2.09. The van der Waals surface area contributed by atoms with E-state index >= 15 is 0 Å². The second-order valence-corrected chi connectivity index (χ2v) is 4.68. The van der Waals surface area contributed by atoms with Gasteiger partial charge in [0.15, 0.2) is 0 Å². The fourth-order valence-corrected chi connectivity index (χ4v) is 2.19. The van der Waals surface area contributed by atoms with Crippen molar-refractivity contribution >= 4 is 11.4 Å². The summed E-state index contributed by atoms with van der Waals surface area (Å²) in [6.45, 7) is 6.70. The number of para-hydroxylation sites is 1. The summed E-state index contributed by atoms with van der Waals surface area (Å²) in [6.07, 6.45) is 2.57. The standard InChI is InChI=1S/C13H20N2/c1-10-6-8-15(9-7-10)12-5-3-4-11(2)13(12)14/h3-5,10H,6-9,14H2,1-2H3. The van der Waals surface area contributed by atoms with Crippen molar-refractivity contribution in [2.45, 2.75) is 26.7 Å². The van der Waals surface area contributed by atoms with E-state index in [4.69, 9.17) is 5.73 Å². The molecule has 1 aromatic carbocycles. The van der Waals surface area contributed by atoms with Crippen molar-refractivity contribution in [1.82, 2.24) is 0 Å². The molecule has 15 heavy (non-hydrogen) atoms. The minimum atomic E-state index is 0.868. The summed E-state index contributed by atoms with van der Waals surface area (Å²) >= 11 is 0. The summed E-state index contributed by atoms with van der Waals surface area (Å²) in [5.41, 5.74) is 9.47. The molecule has 2 rings (SSSR count). The Kier molecular flexibility index (Phi) is 2.85. The van der Waals surface area contributed by atoms with Gasteiger partial charge in [-0.15, -0.1) is 0 Å². The fraction of sp³-hybridized carbons (Fsp3) is 0.538. The van der Waals surface area contributed by atoms with Crippen LogP contribution in [0.1, 0.15) is 25.3 Å². The van der Waals surface area contributed by atoms with Crippen LogP contribution in [0.5, 0.6) is 0 Å². The third-order valence-corrected chi connectivity index (χ3v) is 3.43. The Morgan fingerprint density at radius 2 is 1.93 bits per heavy atom. The van der Waals surface area contributed by atoms with E-state index in [1.807, 2.05) is 0 Å². The van der Waals surface area contributed by atoms with E-state index < -0.39 is 0 Å². The normalized spacial score (nSPS) is 18.1. The highest BCUT2D eigenvalue weighted by molar-refractivity contribution is 5.70. The van der Waals surface area contributed by atoms with Crippen LogP contribution in [0.3, 0.4) is 0 Å². The zero-order valence-electron chi connectivity index (χ0n) is 9.66. The number of hydrogen-bond donors (Lipinski definition) is 1. The average molecular weight is 204 g/mol. The molecule has 2 nitrogen and oxygen atoms in total. The number of anilines is 2. The van der Waals surface area contributed by atoms with Crippen molar-refractivity contribution in [2.24, 2.45) is 5.92 Å². The number of hydrogen-bond acceptors (Lipinski definition) is 2. The van der Waals surface area contributed by atoms with E-state index in [9.17, 15) is 0 Å². The van der Waals surface area contributed by atoms with Crippen LogP contribution in [0.2, 0.25) is 0 Å². The summed E-state index contributed by atoms with van der Waals surface area (Å²) in [5.74, 6) is 0.868. The monoisotopic (exact) mass is 204 g/mol. The van der Waals surface area contributed by atoms with Crippen molar-refractivity contribution in [3.05, 3.63) is 23.8 Å². The lowest BCUT2D eigenvalue weighted by molar-refractivity contribution is 0.438. The van der Waals surface area contributed by atoms with Gasteiger partial charge in [-0.2, -0.15) is 0 Å². The van der Waals surface area contributed by atoms with E-state index in [1.165, 1.54) is 24.1 Å². The topological polar surface area (TPSA) is 29.3 Å². The molecule has 0 saturated carbocycles. The van der Waals surface area contributed by atoms with Gasteiger partial charge in [0.2, 0.25) is 0 Å². The Morgan fingerprint density at radius 3 is 2.60 bits per heavy atom. The van der Waals surface area contributed by atoms with Gasteiger partial charge < -0.3 is 10.6 Å². The Bertz CT molecular complexity index is 338. The summed E-state index contributed by atoms with van der Waals surface area (Å²) < 4.78 is 0. The van der Waals surface area contributed by atoms with Crippen LogP contribution < -0.4 is 10.6 Å². The highest BCUT2D eigenvalue weighted by atomic mass is 15.1. The van der Waals surface area contributed by atoms with Gasteiger partial charge >= 0.3 is 0 Å². The molecule has 1 heterocycles. The maximum atomic E-state index is 6.11. The minimum Gasteiger partial charge on any atom is -0.397 e. The van der Waals surface area contributed by atoms with Gasteiger partial charge in [0.1, 0.15) is 0 Å². The molecule has 0 unspecified atom stereocenters. The molecule has 2 N–H and O–H groups in total. The zero-order valence-corrected chi connectivity index (χ0v) is 9.66. The molecule has 1 saturated heterocycles. The SMILES string of the molecule is Cc1cccc(N2CCC(C)CC2)c1N. The second-order valence-electron chi connectivity index (χ2n) is 4.68. The van der Waals surface area contributed by atoms with E-state index in [1.54, 1.807) is 0 Å². The predicted molar refractivity (Wildman–Crippen MR) is 66.2 cm³/mol. The molecule has 0 aliphatic carbocycles. The minimum absolute atomic E-state index is 0.868. The van der Waals surface area contributed by atoms with Crippen LogP contribution in [0.4, 0.5) is 11.4 Å². The number of benzene rings is 1. The summed E-state index contributed by atoms with van der Waals surface area (Å²) in [7, 11) is 0. The van der Waals surface area contributed by atoms with Gasteiger partial charge in [-0.05, 0) is 37.3 Å². The van der Waals surface area contributed by atoms with Crippen molar-refractivity contribution in [1.29, 1.82) is 0 Å². The number of nitrogens with two attached hydrogens (primary N) is 1. The molecular weight excluding hydrogens is 184 g/mol. The van der Waals surface area contributed by atoms with Crippen LogP contribution in [0.25, 0.3) is 0 Å². The molecule has 82 valence electrons. The molecule has 1 aliphatic rings. The van der Waals surface area contributed by atoms with Gasteiger partial charge in [0.25, 0.3) is 0 Å². The average Bonchev–Trinajstić information content (AvgIpc) is 2.24. The van der Waals surface area contributed by atoms with Gasteiger partial charge in [-0.3, -0.25) is 0 Å². The Morgan fingerprint density at radius 1 is 1.27 bits per heavy atom. The Labute approximate surface area is 92.1 Å². The van der Waals surface area contributed by atoms with Crippen molar-refractivity contribution in [2.75, 3.05) is 23.7 Å². The first-order valence-corrected chi connectivity index (χ1v) is 5.78. The van der Waals surface area contributed by atoms with E-state index in [-0.39, 0.29) is 0 Å². The van der Waals surface area contributed by atoms with Crippen LogP contribution in [-0.4, -0.2) is 13.1 Å². The fourth-order valence-electron chi connectivity index (χ4n) is 2.19. The number of piperidine rings is 1. The van der Waals surface area contributed by atoms with E-state index in [0.717, 1.165) is 24.7 Å². The lowest BCUT2D eigenvalue weighted by Gasteiger charge is -2.33. The van der Waals surface area contributed by atoms with Crippen LogP contribution in [0.15, 0.2) is 18.2 Å². The van der Waals surface area contributed by atoms with Crippen LogP contribution in [-0.2, 0) is 0 Å². The molecule has 0 spiro atoms. The molecule has 2 heteroatoms. The van der Waals surface area contributed by atoms with Crippen molar-refractivity contribution in [3.8, 4) is 0 Å². The first-order valence-electron chi connectivity index (χ1n) is 5.78. The summed E-state index contributed by atoms with van der Waals surface area (Å²) in [6, 6.07) is 6.31. The first kappa shape index (κ1) is 10.3. The summed E-state index contributed by atoms with van der Waals surface area (Å²) in [4.78, 5) is 2.42. The second kappa shape index (κ2) is 4.13. The highest BCUT2D eigenvalue weighted by Crippen LogP contribution is 2.29. The molecular formula is C13H20N2. The predicted octanol–water partition coefficient (Wildman–Crippen LogP) is 2.81. The first-order chi connectivity index (χ1) is 7.18. The molecule has 0 amide bonds. The lowest BCUT2D eigenvalue weighted by atomic mass is 9.98. The maximum absolute atomic E-state index is 6.11. The molecule has 1 aliphatic heterocycles. The summed E-state index contributed by atoms with van der Waals surface area (Å²) in [5, 5.41) is 0. The van der Waals surface area contributed by atoms with Gasteiger partial charge in [0, 0.05) is 13.1 Å². The largest absolute Gasteiger partial charge is 0.397 e. The van der Waals surface area contributed by atoms with Crippen LogP contribution in [0, 0.1) is 12.8 Å². The molecule has 0 aromatic heterocycles. The van der Waals surface area contributed by atoms with Gasteiger partial charge in [0.05, 0.1) is 11.4 Å². The zero-order chi connectivity index (χ0) is 10.8. The Balaban J connectivity index is 2.19. The molecule has 0 atom stereocenters. The lowest BCUT2D eigenvalue weighted by Crippen LogP contribution is -2.33. The quantitative estimate of drug-likeness (QED) is 0.713. The van der Waals surface area contributed by atoms with Crippen LogP contribution >= 0.6 is 0 Å². The van der Waals surface area contributed by atoms with Crippen molar-refractivity contribution < 1.29 is 0 Å². The van der Waals surface area contributed by atoms with Gasteiger partial charge in [-0.25, -0.2) is 0 Å². The van der Waals surface area contributed by atoms with Gasteiger partial charge in [-0.1, -0.05) is 19.1 Å². The number of aryl methyl sites for hydroxylation is 1. The molecule has 1 fully saturated rings. The molecule has 1 aromatic rings. The Hall–Kier alpha value is -1.18. The number of nitrogen functional groups attached to an aromatic ring is 1. The molecule has 0 radical (unpaired) electrons.